The van der Waals surface area contributed by atoms with Crippen LogP contribution in [0.15, 0.2) is 127 Å². The Kier molecular flexibility index (Phi) is 12.8. The van der Waals surface area contributed by atoms with Crippen LogP contribution in [0.1, 0.15) is 63.3 Å². The average molecular weight is 1150 g/mol. The summed E-state index contributed by atoms with van der Waals surface area (Å²) in [7, 11) is 0. The predicted molar refractivity (Wildman–Crippen MR) is 314 cm³/mol. The number of rotatable bonds is 8. The lowest BCUT2D eigenvalue weighted by Crippen LogP contribution is -2.11. The first-order valence-corrected chi connectivity index (χ1v) is 27.0. The molecule has 7 aromatic carbocycles. The molecular formula is C65H45F6N15. The number of benzene rings is 7. The van der Waals surface area contributed by atoms with Crippen LogP contribution in [0.25, 0.3) is 123 Å². The molecule has 0 atom stereocenters. The van der Waals surface area contributed by atoms with E-state index in [1.807, 2.05) is 81.9 Å². The molecule has 0 radical (unpaired) electrons. The molecule has 13 aromatic rings. The normalized spacial score (nSPS) is 12.1. The van der Waals surface area contributed by atoms with Crippen LogP contribution in [0.3, 0.4) is 0 Å². The van der Waals surface area contributed by atoms with Gasteiger partial charge >= 0.3 is 12.4 Å². The molecule has 21 heteroatoms. The maximum Gasteiger partial charge on any atom is 0.416 e. The molecule has 6 aromatic heterocycles. The van der Waals surface area contributed by atoms with Crippen LogP contribution in [0.5, 0.6) is 0 Å². The van der Waals surface area contributed by atoms with Gasteiger partial charge in [0.2, 0.25) is 0 Å². The Hall–Kier alpha value is -10.8. The highest BCUT2D eigenvalue weighted by molar-refractivity contribution is 6.13. The third-order valence-electron chi connectivity index (χ3n) is 14.8. The number of nitrogens with zero attached hydrogens (tertiary/aromatic N) is 15. The lowest BCUT2D eigenvalue weighted by molar-refractivity contribution is -0.143. The summed E-state index contributed by atoms with van der Waals surface area (Å²) in [4.78, 5) is 54.8. The second kappa shape index (κ2) is 20.3. The number of aromatic nitrogens is 14. The van der Waals surface area contributed by atoms with Crippen molar-refractivity contribution in [3.63, 3.8) is 0 Å². The minimum atomic E-state index is -5.17. The van der Waals surface area contributed by atoms with Crippen molar-refractivity contribution in [3.05, 3.63) is 191 Å². The molecule has 0 saturated heterocycles. The van der Waals surface area contributed by atoms with Crippen molar-refractivity contribution in [1.29, 1.82) is 5.26 Å². The van der Waals surface area contributed by atoms with Crippen LogP contribution in [0.4, 0.5) is 26.3 Å². The van der Waals surface area contributed by atoms with Gasteiger partial charge in [-0.1, -0.05) is 6.07 Å². The summed E-state index contributed by atoms with van der Waals surface area (Å²) in [6, 6.07) is 36.6. The summed E-state index contributed by atoms with van der Waals surface area (Å²) in [6.07, 6.45) is -10.3. The second-order valence-corrected chi connectivity index (χ2v) is 21.0. The molecule has 0 saturated carbocycles. The standard InChI is InChI=1S/C65H45F6N15/c1-31-73-32(2)78-60(77-31)40-10-17-55-51(24-40)52-25-41(61-79-33(3)74-34(4)80-61)11-18-56(52)85(55)47-14-15-48(44-22-45(64(66,67)68)28-46(23-44)65(69,70)71)49(29-47)50-21-39(30-72)9-16-57(50)86-58-19-12-42(62-81-35(5)75-36(6)82-62)26-53(58)54-27-43(13-20-59(54)86)63-83-37(7)76-38(8)84-63/h9-29H,1-8H3. The molecule has 422 valence electrons. The largest absolute Gasteiger partial charge is 0.416 e. The lowest BCUT2D eigenvalue weighted by atomic mass is 9.90. The zero-order valence-corrected chi connectivity index (χ0v) is 47.1. The molecule has 0 spiro atoms. The number of halogens is 6. The highest BCUT2D eigenvalue weighted by atomic mass is 19.4. The summed E-state index contributed by atoms with van der Waals surface area (Å²) >= 11 is 0. The molecule has 86 heavy (non-hydrogen) atoms. The van der Waals surface area contributed by atoms with Crippen LogP contribution in [-0.4, -0.2) is 68.9 Å². The fourth-order valence-electron chi connectivity index (χ4n) is 11.4. The first kappa shape index (κ1) is 54.5. The minimum absolute atomic E-state index is 0.0136. The van der Waals surface area contributed by atoms with Gasteiger partial charge < -0.3 is 9.13 Å². The first-order valence-electron chi connectivity index (χ1n) is 27.0. The van der Waals surface area contributed by atoms with Gasteiger partial charge in [0, 0.05) is 55.0 Å². The van der Waals surface area contributed by atoms with Gasteiger partial charge in [-0.25, -0.2) is 59.8 Å². The average Bonchev–Trinajstić information content (AvgIpc) is 1.59. The van der Waals surface area contributed by atoms with Gasteiger partial charge in [-0.3, -0.25) is 0 Å². The molecule has 0 aliphatic carbocycles. The van der Waals surface area contributed by atoms with Gasteiger partial charge in [-0.2, -0.15) is 31.6 Å². The Morgan fingerprint density at radius 2 is 0.674 bits per heavy atom. The number of aryl methyl sites for hydroxylation is 8. The Labute approximate surface area is 485 Å². The number of fused-ring (bicyclic) bond motifs is 6. The maximum atomic E-state index is 14.9. The first-order chi connectivity index (χ1) is 41.0. The van der Waals surface area contributed by atoms with Crippen molar-refractivity contribution in [2.45, 2.75) is 67.7 Å². The zero-order valence-electron chi connectivity index (χ0n) is 47.1. The topological polar surface area (TPSA) is 188 Å². The third kappa shape index (κ3) is 9.83. The molecule has 6 heterocycles. The monoisotopic (exact) mass is 1150 g/mol. The van der Waals surface area contributed by atoms with Gasteiger partial charge in [0.05, 0.1) is 50.5 Å². The molecule has 13 rings (SSSR count). The van der Waals surface area contributed by atoms with Crippen molar-refractivity contribution in [1.82, 2.24) is 68.9 Å². The van der Waals surface area contributed by atoms with Crippen LogP contribution >= 0.6 is 0 Å². The van der Waals surface area contributed by atoms with E-state index in [9.17, 15) is 31.6 Å². The molecule has 0 unspecified atom stereocenters. The molecule has 0 bridgehead atoms. The smallest absolute Gasteiger partial charge is 0.309 e. The number of hydrogen-bond acceptors (Lipinski definition) is 13. The molecule has 0 fully saturated rings. The van der Waals surface area contributed by atoms with Crippen molar-refractivity contribution >= 4 is 43.6 Å². The Balaban J connectivity index is 1.12. The van der Waals surface area contributed by atoms with E-state index in [2.05, 4.69) is 65.9 Å². The van der Waals surface area contributed by atoms with Crippen LogP contribution in [0.2, 0.25) is 0 Å². The van der Waals surface area contributed by atoms with E-state index in [1.54, 1.807) is 85.7 Å². The third-order valence-corrected chi connectivity index (χ3v) is 14.8. The summed E-state index contributed by atoms with van der Waals surface area (Å²) in [5, 5.41) is 13.7. The fraction of sp³-hybridized carbons (Fsp3) is 0.154. The number of alkyl halides is 6. The SMILES string of the molecule is Cc1nc(C)nc(-c2ccc3c(c2)c2cc(-c4nc(C)nc(C)n4)ccc2n3-c2ccc(-c3cc(C(F)(F)F)cc(C(F)(F)F)c3)c(-c3cc(C#N)ccc3-n3c4ccc(-c5nc(C)nc(C)n5)cc4c4cc(-c5nc(C)nc(C)n5)ccc43)c2)n1. The van der Waals surface area contributed by atoms with Crippen LogP contribution in [0, 0.1) is 66.7 Å². The molecule has 0 aliphatic heterocycles. The van der Waals surface area contributed by atoms with Crippen LogP contribution in [-0.2, 0) is 12.4 Å². The van der Waals surface area contributed by atoms with E-state index in [0.717, 1.165) is 33.7 Å². The van der Waals surface area contributed by atoms with Gasteiger partial charge in [-0.15, -0.1) is 0 Å². The van der Waals surface area contributed by atoms with Crippen molar-refractivity contribution in [3.8, 4) is 85.2 Å². The Bertz CT molecular complexity index is 4730. The van der Waals surface area contributed by atoms with E-state index < -0.39 is 23.5 Å². The highest BCUT2D eigenvalue weighted by Gasteiger charge is 2.37. The Morgan fingerprint density at radius 1 is 0.326 bits per heavy atom. The second-order valence-electron chi connectivity index (χ2n) is 21.0. The zero-order chi connectivity index (χ0) is 60.2. The van der Waals surface area contributed by atoms with Gasteiger partial charge in [0.15, 0.2) is 23.3 Å². The van der Waals surface area contributed by atoms with Gasteiger partial charge in [0.1, 0.15) is 46.6 Å². The predicted octanol–water partition coefficient (Wildman–Crippen LogP) is 15.0. The van der Waals surface area contributed by atoms with E-state index in [4.69, 9.17) is 0 Å². The summed E-state index contributed by atoms with van der Waals surface area (Å²) in [5.41, 5.74) is 3.59. The maximum absolute atomic E-state index is 14.9. The summed E-state index contributed by atoms with van der Waals surface area (Å²) < 4.78 is 93.4. The number of hydrogen-bond donors (Lipinski definition) is 0. The highest BCUT2D eigenvalue weighted by Crippen LogP contribution is 2.46. The van der Waals surface area contributed by atoms with Crippen molar-refractivity contribution < 1.29 is 26.3 Å². The van der Waals surface area contributed by atoms with E-state index in [-0.39, 0.29) is 28.3 Å². The molecule has 0 N–H and O–H groups in total. The quantitative estimate of drug-likeness (QED) is 0.131. The van der Waals surface area contributed by atoms with E-state index in [0.29, 0.717) is 131 Å². The molecule has 15 nitrogen and oxygen atoms in total. The van der Waals surface area contributed by atoms with E-state index in [1.165, 1.54) is 6.07 Å². The Morgan fingerprint density at radius 3 is 1.01 bits per heavy atom. The fourth-order valence-corrected chi connectivity index (χ4v) is 11.4. The van der Waals surface area contributed by atoms with Crippen molar-refractivity contribution in [2.24, 2.45) is 0 Å². The van der Waals surface area contributed by atoms with E-state index >= 15 is 0 Å². The molecule has 0 amide bonds. The minimum Gasteiger partial charge on any atom is -0.309 e. The number of nitriles is 1. The summed E-state index contributed by atoms with van der Waals surface area (Å²) in [6.45, 7) is 14.2. The van der Waals surface area contributed by atoms with Crippen molar-refractivity contribution in [2.75, 3.05) is 0 Å². The van der Waals surface area contributed by atoms with Crippen LogP contribution < -0.4 is 0 Å². The lowest BCUT2D eigenvalue weighted by Gasteiger charge is -2.21. The summed E-state index contributed by atoms with van der Waals surface area (Å²) in [5.74, 6) is 5.93. The molecular weight excluding hydrogens is 1100 g/mol. The van der Waals surface area contributed by atoms with Gasteiger partial charge in [0.25, 0.3) is 0 Å². The van der Waals surface area contributed by atoms with Gasteiger partial charge in [-0.05, 0) is 193 Å². The molecule has 0 aliphatic rings.